The van der Waals surface area contributed by atoms with E-state index in [2.05, 4.69) is 16.0 Å². The fourth-order valence-electron chi connectivity index (χ4n) is 4.14. The summed E-state index contributed by atoms with van der Waals surface area (Å²) in [7, 11) is 0. The monoisotopic (exact) mass is 552 g/mol. The molecule has 0 aromatic heterocycles. The van der Waals surface area contributed by atoms with Gasteiger partial charge in [0.15, 0.2) is 5.78 Å². The first kappa shape index (κ1) is 30.1. The Morgan fingerprint density at radius 2 is 1.38 bits per heavy atom. The van der Waals surface area contributed by atoms with Crippen LogP contribution in [-0.4, -0.2) is 65.9 Å². The van der Waals surface area contributed by atoms with Crippen molar-refractivity contribution >= 4 is 29.8 Å². The van der Waals surface area contributed by atoms with Crippen molar-refractivity contribution in [2.24, 2.45) is 5.92 Å². The number of rotatable bonds is 11. The van der Waals surface area contributed by atoms with Crippen LogP contribution in [0, 0.1) is 5.92 Å². The zero-order chi connectivity index (χ0) is 29.1. The van der Waals surface area contributed by atoms with Crippen molar-refractivity contribution in [2.75, 3.05) is 13.1 Å². The van der Waals surface area contributed by atoms with Crippen LogP contribution < -0.4 is 16.0 Å². The molecule has 2 aromatic rings. The number of carbonyl (C=O) groups is 5. The molecule has 1 heterocycles. The molecular weight excluding hydrogens is 516 g/mol. The minimum atomic E-state index is -0.944. The van der Waals surface area contributed by atoms with Crippen molar-refractivity contribution < 1.29 is 33.4 Å². The third kappa shape index (κ3) is 9.40. The molecule has 4 amide bonds. The summed E-state index contributed by atoms with van der Waals surface area (Å²) in [6.45, 7) is 5.13. The van der Waals surface area contributed by atoms with Gasteiger partial charge in [-0.05, 0) is 30.4 Å². The van der Waals surface area contributed by atoms with Crippen LogP contribution >= 0.6 is 0 Å². The Kier molecular flexibility index (Phi) is 11.0. The van der Waals surface area contributed by atoms with Crippen molar-refractivity contribution in [3.63, 3.8) is 0 Å². The molecule has 3 atom stereocenters. The number of hydrogen-bond acceptors (Lipinski definition) is 7. The smallest absolute Gasteiger partial charge is 0.408 e. The highest BCUT2D eigenvalue weighted by Crippen LogP contribution is 2.11. The van der Waals surface area contributed by atoms with E-state index in [0.717, 1.165) is 11.1 Å². The van der Waals surface area contributed by atoms with E-state index < -0.39 is 42.1 Å². The molecule has 11 heteroatoms. The number of nitrogens with zero attached hydrogens (tertiary/aromatic N) is 1. The van der Waals surface area contributed by atoms with E-state index in [9.17, 15) is 24.0 Å². The van der Waals surface area contributed by atoms with Gasteiger partial charge in [0.05, 0.1) is 6.54 Å². The molecule has 0 saturated carbocycles. The number of ether oxygens (including phenoxy) is 2. The van der Waals surface area contributed by atoms with E-state index in [4.69, 9.17) is 9.47 Å². The predicted molar refractivity (Wildman–Crippen MR) is 146 cm³/mol. The van der Waals surface area contributed by atoms with Gasteiger partial charge in [0.1, 0.15) is 31.3 Å². The van der Waals surface area contributed by atoms with E-state index >= 15 is 0 Å². The first-order valence-corrected chi connectivity index (χ1v) is 13.2. The van der Waals surface area contributed by atoms with Crippen LogP contribution in [0.2, 0.25) is 0 Å². The van der Waals surface area contributed by atoms with Crippen LogP contribution in [0.15, 0.2) is 60.7 Å². The molecule has 1 aliphatic rings. The lowest BCUT2D eigenvalue weighted by Gasteiger charge is -2.23. The molecule has 2 aromatic carbocycles. The fraction of sp³-hybridized carbons (Fsp3) is 0.414. The number of benzene rings is 2. The minimum Gasteiger partial charge on any atom is -0.445 e. The van der Waals surface area contributed by atoms with Crippen LogP contribution in [0.25, 0.3) is 0 Å². The Morgan fingerprint density at radius 3 is 1.90 bits per heavy atom. The predicted octanol–water partition coefficient (Wildman–Crippen LogP) is 2.54. The number of alkyl carbamates (subject to hydrolysis) is 2. The lowest BCUT2D eigenvalue weighted by atomic mass is 10.0. The van der Waals surface area contributed by atoms with Crippen molar-refractivity contribution in [3.8, 4) is 0 Å². The molecule has 0 spiro atoms. The van der Waals surface area contributed by atoms with Gasteiger partial charge in [-0.2, -0.15) is 0 Å². The van der Waals surface area contributed by atoms with Crippen molar-refractivity contribution in [1.82, 2.24) is 20.9 Å². The summed E-state index contributed by atoms with van der Waals surface area (Å²) < 4.78 is 10.4. The van der Waals surface area contributed by atoms with Crippen LogP contribution in [0.5, 0.6) is 0 Å². The quantitative estimate of drug-likeness (QED) is 0.389. The normalized spacial score (nSPS) is 16.1. The maximum atomic E-state index is 13.0. The largest absolute Gasteiger partial charge is 0.445 e. The van der Waals surface area contributed by atoms with E-state index in [0.29, 0.717) is 6.42 Å². The summed E-state index contributed by atoms with van der Waals surface area (Å²) in [5.74, 6) is -1.32. The molecule has 0 aliphatic carbocycles. The van der Waals surface area contributed by atoms with Gasteiger partial charge in [0, 0.05) is 6.54 Å². The van der Waals surface area contributed by atoms with E-state index in [1.807, 2.05) is 62.4 Å². The summed E-state index contributed by atoms with van der Waals surface area (Å²) in [6.07, 6.45) is -1.19. The van der Waals surface area contributed by atoms with Crippen LogP contribution in [0.4, 0.5) is 9.59 Å². The summed E-state index contributed by atoms with van der Waals surface area (Å²) in [5.41, 5.74) is 1.60. The van der Waals surface area contributed by atoms with Gasteiger partial charge in [0.25, 0.3) is 0 Å². The number of ketones is 1. The third-order valence-electron chi connectivity index (χ3n) is 6.21. The molecule has 0 radical (unpaired) electrons. The number of amides is 4. The van der Waals surface area contributed by atoms with Gasteiger partial charge in [-0.1, -0.05) is 74.5 Å². The third-order valence-corrected chi connectivity index (χ3v) is 6.21. The maximum absolute atomic E-state index is 13.0. The van der Waals surface area contributed by atoms with Crippen LogP contribution in [0.3, 0.4) is 0 Å². The minimum absolute atomic E-state index is 0.0485. The number of carbonyl (C=O) groups excluding carboxylic acids is 5. The number of likely N-dealkylation sites (tertiary alicyclic amines) is 1. The van der Waals surface area contributed by atoms with Gasteiger partial charge in [-0.15, -0.1) is 0 Å². The topological polar surface area (TPSA) is 143 Å². The van der Waals surface area contributed by atoms with Gasteiger partial charge in [0.2, 0.25) is 11.8 Å². The van der Waals surface area contributed by atoms with E-state index in [-0.39, 0.29) is 38.0 Å². The molecule has 3 N–H and O–H groups in total. The standard InChI is InChI=1S/C29H36N4O7/c1-19(2)14-23(32-29(38)40-18-22-12-8-5-9-13-22)26(35)31-24-15-33(16-25(24)34)27(36)20(3)30-28(37)39-17-21-10-6-4-7-11-21/h4-13,19-20,23-24H,14-18H2,1-3H3,(H,30,37)(H,31,35)(H,32,38)/t20-,23-,24?/m0/s1. The lowest BCUT2D eigenvalue weighted by molar-refractivity contribution is -0.133. The van der Waals surface area contributed by atoms with Crippen molar-refractivity contribution in [2.45, 2.75) is 58.5 Å². The van der Waals surface area contributed by atoms with Gasteiger partial charge >= 0.3 is 12.2 Å². The molecule has 1 unspecified atom stereocenters. The van der Waals surface area contributed by atoms with E-state index in [1.54, 1.807) is 12.1 Å². The molecule has 40 heavy (non-hydrogen) atoms. The Balaban J connectivity index is 1.49. The second kappa shape index (κ2) is 14.7. The van der Waals surface area contributed by atoms with Crippen molar-refractivity contribution in [3.05, 3.63) is 71.8 Å². The summed E-state index contributed by atoms with van der Waals surface area (Å²) in [6, 6.07) is 15.4. The Bertz CT molecular complexity index is 1170. The molecule has 1 fully saturated rings. The van der Waals surface area contributed by atoms with Crippen molar-refractivity contribution in [1.29, 1.82) is 0 Å². The molecule has 1 aliphatic heterocycles. The lowest BCUT2D eigenvalue weighted by Crippen LogP contribution is -2.52. The molecule has 11 nitrogen and oxygen atoms in total. The van der Waals surface area contributed by atoms with Gasteiger partial charge in [-0.3, -0.25) is 14.4 Å². The second-order valence-corrected chi connectivity index (χ2v) is 10.1. The average molecular weight is 553 g/mol. The highest BCUT2D eigenvalue weighted by molar-refractivity contribution is 5.98. The van der Waals surface area contributed by atoms with Crippen LogP contribution in [-0.2, 0) is 37.1 Å². The molecule has 214 valence electrons. The molecule has 3 rings (SSSR count). The fourth-order valence-corrected chi connectivity index (χ4v) is 4.14. The first-order valence-electron chi connectivity index (χ1n) is 13.2. The van der Waals surface area contributed by atoms with Crippen LogP contribution in [0.1, 0.15) is 38.3 Å². The Labute approximate surface area is 233 Å². The zero-order valence-corrected chi connectivity index (χ0v) is 22.9. The summed E-state index contributed by atoms with van der Waals surface area (Å²) in [5, 5.41) is 7.70. The van der Waals surface area contributed by atoms with E-state index in [1.165, 1.54) is 11.8 Å². The number of nitrogens with one attached hydrogen (secondary N) is 3. The summed E-state index contributed by atoms with van der Waals surface area (Å²) in [4.78, 5) is 64.3. The highest BCUT2D eigenvalue weighted by atomic mass is 16.6. The maximum Gasteiger partial charge on any atom is 0.408 e. The Hall–Kier alpha value is -4.41. The Morgan fingerprint density at radius 1 is 0.850 bits per heavy atom. The first-order chi connectivity index (χ1) is 19.1. The molecule has 1 saturated heterocycles. The zero-order valence-electron chi connectivity index (χ0n) is 22.9. The highest BCUT2D eigenvalue weighted by Gasteiger charge is 2.37. The average Bonchev–Trinajstić information content (AvgIpc) is 3.30. The van der Waals surface area contributed by atoms with Gasteiger partial charge < -0.3 is 30.3 Å². The molecule has 0 bridgehead atoms. The second-order valence-electron chi connectivity index (χ2n) is 10.1. The SMILES string of the molecule is CC(C)C[C@H](NC(=O)OCc1ccccc1)C(=O)NC1CN(C(=O)[C@H](C)NC(=O)OCc2ccccc2)CC1=O. The molecular formula is C29H36N4O7. The number of hydrogen-bond donors (Lipinski definition) is 3. The van der Waals surface area contributed by atoms with Gasteiger partial charge in [-0.25, -0.2) is 9.59 Å². The number of Topliss-reactive ketones (excluding diaryl/α,β-unsaturated/α-hetero) is 1. The summed E-state index contributed by atoms with van der Waals surface area (Å²) >= 11 is 0.